The number of esters is 1. The molecule has 0 unspecified atom stereocenters. The van der Waals surface area contributed by atoms with Crippen LogP contribution in [0.5, 0.6) is 0 Å². The second kappa shape index (κ2) is 4.84. The molecule has 0 aliphatic carbocycles. The Morgan fingerprint density at radius 1 is 1.42 bits per heavy atom. The van der Waals surface area contributed by atoms with Crippen LogP contribution >= 0.6 is 0 Å². The number of fused-ring (bicyclic) bond motifs is 1. The molecule has 2 rings (SSSR count). The topological polar surface area (TPSA) is 111 Å². The van der Waals surface area contributed by atoms with Crippen molar-refractivity contribution in [3.63, 3.8) is 0 Å². The van der Waals surface area contributed by atoms with Crippen molar-refractivity contribution in [1.29, 1.82) is 0 Å². The molecule has 8 heteroatoms. The monoisotopic (exact) mass is 263 g/mol. The van der Waals surface area contributed by atoms with Crippen LogP contribution in [0.2, 0.25) is 0 Å². The summed E-state index contributed by atoms with van der Waals surface area (Å²) in [6.45, 7) is -0.379. The molecular formula is C11H9N3O5. The van der Waals surface area contributed by atoms with E-state index in [2.05, 4.69) is 15.0 Å². The SMILES string of the molecule is COC(=O)Cn1nnc2c(C(=O)O)cccc2c1=O. The highest BCUT2D eigenvalue weighted by Gasteiger charge is 2.14. The fourth-order valence-corrected chi connectivity index (χ4v) is 1.57. The first-order valence-corrected chi connectivity index (χ1v) is 5.21. The summed E-state index contributed by atoms with van der Waals surface area (Å²) >= 11 is 0. The van der Waals surface area contributed by atoms with Gasteiger partial charge in [0.1, 0.15) is 12.1 Å². The summed E-state index contributed by atoms with van der Waals surface area (Å²) in [6.07, 6.45) is 0. The van der Waals surface area contributed by atoms with Gasteiger partial charge in [-0.1, -0.05) is 11.3 Å². The predicted molar refractivity (Wildman–Crippen MR) is 62.8 cm³/mol. The Balaban J connectivity index is 2.63. The fourth-order valence-electron chi connectivity index (χ4n) is 1.57. The standard InChI is InChI=1S/C11H9N3O5/c1-19-8(15)5-14-10(16)6-3-2-4-7(11(17)18)9(6)12-13-14/h2-4H,5H2,1H3,(H,17,18). The van der Waals surface area contributed by atoms with Crippen LogP contribution in [-0.4, -0.2) is 39.1 Å². The van der Waals surface area contributed by atoms with E-state index < -0.39 is 17.5 Å². The molecule has 0 spiro atoms. The van der Waals surface area contributed by atoms with Crippen molar-refractivity contribution in [2.75, 3.05) is 7.11 Å². The Morgan fingerprint density at radius 2 is 2.16 bits per heavy atom. The smallest absolute Gasteiger partial charge is 0.337 e. The molecule has 8 nitrogen and oxygen atoms in total. The zero-order valence-corrected chi connectivity index (χ0v) is 9.86. The Hall–Kier alpha value is -2.77. The highest BCUT2D eigenvalue weighted by molar-refractivity contribution is 6.01. The van der Waals surface area contributed by atoms with E-state index in [1.54, 1.807) is 0 Å². The van der Waals surface area contributed by atoms with Gasteiger partial charge in [-0.2, -0.15) is 4.68 Å². The summed E-state index contributed by atoms with van der Waals surface area (Å²) in [5.41, 5.74) is -0.730. The molecule has 0 fully saturated rings. The molecule has 0 bridgehead atoms. The number of carboxylic acids is 1. The molecule has 19 heavy (non-hydrogen) atoms. The van der Waals surface area contributed by atoms with E-state index >= 15 is 0 Å². The van der Waals surface area contributed by atoms with Crippen molar-refractivity contribution in [3.8, 4) is 0 Å². The highest BCUT2D eigenvalue weighted by atomic mass is 16.5. The second-order valence-corrected chi connectivity index (χ2v) is 3.64. The number of nitrogens with zero attached hydrogens (tertiary/aromatic N) is 3. The number of carbonyl (C=O) groups is 2. The van der Waals surface area contributed by atoms with Crippen molar-refractivity contribution >= 4 is 22.8 Å². The van der Waals surface area contributed by atoms with Gasteiger partial charge in [0.2, 0.25) is 0 Å². The molecule has 0 amide bonds. The third-order valence-electron chi connectivity index (χ3n) is 2.49. The van der Waals surface area contributed by atoms with Gasteiger partial charge < -0.3 is 9.84 Å². The third kappa shape index (κ3) is 2.28. The van der Waals surface area contributed by atoms with E-state index in [0.717, 1.165) is 4.68 Å². The Kier molecular flexibility index (Phi) is 3.23. The number of ether oxygens (including phenoxy) is 1. The normalized spacial score (nSPS) is 10.4. The predicted octanol–water partition coefficient (Wildman–Crippen LogP) is -0.337. The zero-order valence-electron chi connectivity index (χ0n) is 9.86. The van der Waals surface area contributed by atoms with Crippen molar-refractivity contribution in [2.45, 2.75) is 6.54 Å². The van der Waals surface area contributed by atoms with E-state index in [1.807, 2.05) is 0 Å². The number of rotatable bonds is 3. The third-order valence-corrected chi connectivity index (χ3v) is 2.49. The van der Waals surface area contributed by atoms with Gasteiger partial charge in [-0.25, -0.2) is 4.79 Å². The Labute approximate surface area is 106 Å². The van der Waals surface area contributed by atoms with E-state index in [9.17, 15) is 14.4 Å². The number of carboxylic acid groups (broad SMARTS) is 1. The van der Waals surface area contributed by atoms with Crippen molar-refractivity contribution < 1.29 is 19.4 Å². The lowest BCUT2D eigenvalue weighted by atomic mass is 10.1. The first-order valence-electron chi connectivity index (χ1n) is 5.21. The summed E-state index contributed by atoms with van der Waals surface area (Å²) in [5.74, 6) is -1.85. The first-order chi connectivity index (χ1) is 9.04. The number of hydrogen-bond donors (Lipinski definition) is 1. The van der Waals surface area contributed by atoms with Gasteiger partial charge in [0.15, 0.2) is 0 Å². The largest absolute Gasteiger partial charge is 0.478 e. The molecule has 2 aromatic rings. The fraction of sp³-hybridized carbons (Fsp3) is 0.182. The summed E-state index contributed by atoms with van der Waals surface area (Å²) in [5, 5.41) is 16.3. The Morgan fingerprint density at radius 3 is 2.79 bits per heavy atom. The van der Waals surface area contributed by atoms with Crippen LogP contribution in [0.3, 0.4) is 0 Å². The lowest BCUT2D eigenvalue weighted by molar-refractivity contribution is -0.141. The first kappa shape index (κ1) is 12.7. The molecule has 0 aliphatic heterocycles. The van der Waals surface area contributed by atoms with E-state index in [0.29, 0.717) is 0 Å². The van der Waals surface area contributed by atoms with Gasteiger partial charge in [0, 0.05) is 0 Å². The molecule has 0 saturated heterocycles. The lowest BCUT2D eigenvalue weighted by Gasteiger charge is -2.04. The van der Waals surface area contributed by atoms with Gasteiger partial charge >= 0.3 is 11.9 Å². The summed E-state index contributed by atoms with van der Waals surface area (Å²) in [6, 6.07) is 4.17. The van der Waals surface area contributed by atoms with Crippen LogP contribution in [-0.2, 0) is 16.1 Å². The maximum atomic E-state index is 12.0. The number of aromatic nitrogens is 3. The number of carbonyl (C=O) groups excluding carboxylic acids is 1. The molecule has 0 atom stereocenters. The molecule has 0 aliphatic rings. The maximum absolute atomic E-state index is 12.0. The molecule has 1 aromatic carbocycles. The number of methoxy groups -OCH3 is 1. The molecule has 1 heterocycles. The highest BCUT2D eigenvalue weighted by Crippen LogP contribution is 2.11. The van der Waals surface area contributed by atoms with Gasteiger partial charge in [-0.15, -0.1) is 5.10 Å². The van der Waals surface area contributed by atoms with Gasteiger partial charge in [0.25, 0.3) is 5.56 Å². The minimum atomic E-state index is -1.20. The van der Waals surface area contributed by atoms with Crippen LogP contribution in [0.1, 0.15) is 10.4 Å². The van der Waals surface area contributed by atoms with Crippen LogP contribution in [0.15, 0.2) is 23.0 Å². The average molecular weight is 263 g/mol. The minimum absolute atomic E-state index is 0.0129. The van der Waals surface area contributed by atoms with E-state index in [1.165, 1.54) is 25.3 Å². The van der Waals surface area contributed by atoms with E-state index in [4.69, 9.17) is 5.11 Å². The van der Waals surface area contributed by atoms with Gasteiger partial charge in [-0.3, -0.25) is 9.59 Å². The summed E-state index contributed by atoms with van der Waals surface area (Å²) in [4.78, 5) is 34.1. The lowest BCUT2D eigenvalue weighted by Crippen LogP contribution is -2.28. The molecule has 0 radical (unpaired) electrons. The number of aromatic carboxylic acids is 1. The van der Waals surface area contributed by atoms with Crippen LogP contribution in [0.25, 0.3) is 10.9 Å². The van der Waals surface area contributed by atoms with Crippen LogP contribution in [0.4, 0.5) is 0 Å². The Bertz CT molecular complexity index is 722. The summed E-state index contributed by atoms with van der Waals surface area (Å²) < 4.78 is 5.24. The molecule has 1 aromatic heterocycles. The van der Waals surface area contributed by atoms with Crippen molar-refractivity contribution in [3.05, 3.63) is 34.1 Å². The minimum Gasteiger partial charge on any atom is -0.478 e. The van der Waals surface area contributed by atoms with Crippen molar-refractivity contribution in [1.82, 2.24) is 15.0 Å². The molecule has 1 N–H and O–H groups in total. The molecule has 0 saturated carbocycles. The van der Waals surface area contributed by atoms with Crippen molar-refractivity contribution in [2.24, 2.45) is 0 Å². The number of benzene rings is 1. The maximum Gasteiger partial charge on any atom is 0.337 e. The average Bonchev–Trinajstić information content (AvgIpc) is 2.41. The van der Waals surface area contributed by atoms with E-state index in [-0.39, 0.29) is 23.0 Å². The quantitative estimate of drug-likeness (QED) is 0.754. The molecular weight excluding hydrogens is 254 g/mol. The van der Waals surface area contributed by atoms with Crippen LogP contribution < -0.4 is 5.56 Å². The van der Waals surface area contributed by atoms with Gasteiger partial charge in [-0.05, 0) is 12.1 Å². The zero-order chi connectivity index (χ0) is 14.0. The number of hydrogen-bond acceptors (Lipinski definition) is 6. The summed E-state index contributed by atoms with van der Waals surface area (Å²) in [7, 11) is 1.18. The van der Waals surface area contributed by atoms with Crippen LogP contribution in [0, 0.1) is 0 Å². The van der Waals surface area contributed by atoms with Gasteiger partial charge in [0.05, 0.1) is 18.1 Å². The molecule has 98 valence electrons. The second-order valence-electron chi connectivity index (χ2n) is 3.64.